The fraction of sp³-hybridized carbons (Fsp3) is 0.692. The van der Waals surface area contributed by atoms with Gasteiger partial charge in [-0.15, -0.1) is 0 Å². The zero-order chi connectivity index (χ0) is 14.5. The second-order valence-corrected chi connectivity index (χ2v) is 4.75. The van der Waals surface area contributed by atoms with Gasteiger partial charge < -0.3 is 24.8 Å². The molecule has 1 aromatic rings. The largest absolute Gasteiger partial charge is 0.490 e. The summed E-state index contributed by atoms with van der Waals surface area (Å²) in [5.74, 6) is 2.03. The van der Waals surface area contributed by atoms with E-state index < -0.39 is 0 Å². The van der Waals surface area contributed by atoms with Crippen molar-refractivity contribution in [3.63, 3.8) is 0 Å². The number of rotatable bonds is 5. The van der Waals surface area contributed by atoms with Gasteiger partial charge in [0.25, 0.3) is 0 Å². The Bertz CT molecular complexity index is 444. The number of aromatic nitrogens is 2. The Morgan fingerprint density at radius 2 is 2.35 bits per heavy atom. The molecule has 1 aromatic heterocycles. The number of morpholine rings is 1. The van der Waals surface area contributed by atoms with E-state index in [1.54, 1.807) is 7.11 Å². The first-order chi connectivity index (χ1) is 9.71. The molecule has 7 heteroatoms. The Hall–Kier alpha value is -1.60. The van der Waals surface area contributed by atoms with Gasteiger partial charge in [0.2, 0.25) is 5.75 Å². The number of aliphatic hydroxyl groups is 1. The fourth-order valence-electron chi connectivity index (χ4n) is 2.27. The fourth-order valence-corrected chi connectivity index (χ4v) is 2.27. The quantitative estimate of drug-likeness (QED) is 0.814. The van der Waals surface area contributed by atoms with Crippen LogP contribution in [0.15, 0.2) is 6.33 Å². The maximum Gasteiger partial charge on any atom is 0.204 e. The van der Waals surface area contributed by atoms with Crippen LogP contribution in [-0.4, -0.2) is 60.6 Å². The molecule has 0 spiro atoms. The Labute approximate surface area is 118 Å². The van der Waals surface area contributed by atoms with Crippen molar-refractivity contribution in [2.45, 2.75) is 26.0 Å². The van der Waals surface area contributed by atoms with Crippen LogP contribution < -0.4 is 15.0 Å². The van der Waals surface area contributed by atoms with Gasteiger partial charge in [-0.2, -0.15) is 0 Å². The lowest BCUT2D eigenvalue weighted by Crippen LogP contribution is -2.50. The van der Waals surface area contributed by atoms with E-state index in [1.807, 2.05) is 6.92 Å². The number of nitrogens with one attached hydrogen (secondary N) is 1. The molecule has 1 aliphatic heterocycles. The maximum atomic E-state index is 9.28. The predicted molar refractivity (Wildman–Crippen MR) is 76.4 cm³/mol. The first-order valence-corrected chi connectivity index (χ1v) is 6.83. The molecule has 2 atom stereocenters. The Morgan fingerprint density at radius 3 is 3.00 bits per heavy atom. The molecular formula is C13H22N4O3. The number of anilines is 2. The van der Waals surface area contributed by atoms with Gasteiger partial charge in [-0.1, -0.05) is 0 Å². The van der Waals surface area contributed by atoms with Crippen LogP contribution in [0, 0.1) is 0 Å². The van der Waals surface area contributed by atoms with Crippen molar-refractivity contribution in [1.82, 2.24) is 9.97 Å². The summed E-state index contributed by atoms with van der Waals surface area (Å²) < 4.78 is 11.0. The van der Waals surface area contributed by atoms with Gasteiger partial charge in [0.15, 0.2) is 11.6 Å². The molecule has 1 aliphatic rings. The van der Waals surface area contributed by atoms with Crippen molar-refractivity contribution < 1.29 is 14.6 Å². The van der Waals surface area contributed by atoms with Crippen molar-refractivity contribution in [2.75, 3.05) is 43.6 Å². The van der Waals surface area contributed by atoms with Gasteiger partial charge >= 0.3 is 0 Å². The van der Waals surface area contributed by atoms with Gasteiger partial charge in [0, 0.05) is 13.1 Å². The molecule has 2 unspecified atom stereocenters. The molecule has 2 rings (SSSR count). The summed E-state index contributed by atoms with van der Waals surface area (Å²) in [6.07, 6.45) is 1.32. The minimum Gasteiger partial charge on any atom is -0.490 e. The molecule has 7 nitrogen and oxygen atoms in total. The van der Waals surface area contributed by atoms with Gasteiger partial charge in [0.1, 0.15) is 6.33 Å². The van der Waals surface area contributed by atoms with E-state index in [2.05, 4.69) is 27.1 Å². The molecule has 112 valence electrons. The number of nitrogens with zero attached hydrogens (tertiary/aromatic N) is 3. The smallest absolute Gasteiger partial charge is 0.204 e. The molecule has 0 saturated carbocycles. The highest BCUT2D eigenvalue weighted by Gasteiger charge is 2.29. The van der Waals surface area contributed by atoms with Crippen LogP contribution in [0.25, 0.3) is 0 Å². The number of ether oxygens (including phenoxy) is 2. The van der Waals surface area contributed by atoms with Crippen molar-refractivity contribution >= 4 is 11.6 Å². The zero-order valence-corrected chi connectivity index (χ0v) is 12.2. The average Bonchev–Trinajstić information content (AvgIpc) is 2.48. The number of aliphatic hydroxyl groups excluding tert-OH is 1. The lowest BCUT2D eigenvalue weighted by atomic mass is 10.2. The molecular weight excluding hydrogens is 260 g/mol. The highest BCUT2D eigenvalue weighted by atomic mass is 16.5. The van der Waals surface area contributed by atoms with Crippen LogP contribution in [0.5, 0.6) is 5.75 Å². The van der Waals surface area contributed by atoms with Gasteiger partial charge in [0.05, 0.1) is 32.5 Å². The molecule has 0 amide bonds. The molecule has 1 saturated heterocycles. The number of hydrogen-bond acceptors (Lipinski definition) is 7. The summed E-state index contributed by atoms with van der Waals surface area (Å²) in [5, 5.41) is 12.4. The summed E-state index contributed by atoms with van der Waals surface area (Å²) in [6.45, 7) is 5.94. The third-order valence-corrected chi connectivity index (χ3v) is 3.31. The van der Waals surface area contributed by atoms with Crippen molar-refractivity contribution in [3.8, 4) is 5.75 Å². The molecule has 2 N–H and O–H groups in total. The molecule has 0 aliphatic carbocycles. The van der Waals surface area contributed by atoms with Crippen LogP contribution in [0.3, 0.4) is 0 Å². The van der Waals surface area contributed by atoms with Gasteiger partial charge in [-0.25, -0.2) is 9.97 Å². The van der Waals surface area contributed by atoms with Crippen molar-refractivity contribution in [2.24, 2.45) is 0 Å². The highest BCUT2D eigenvalue weighted by Crippen LogP contribution is 2.34. The Kier molecular flexibility index (Phi) is 4.97. The summed E-state index contributed by atoms with van der Waals surface area (Å²) in [7, 11) is 1.61. The van der Waals surface area contributed by atoms with Gasteiger partial charge in [-0.05, 0) is 13.8 Å². The average molecular weight is 282 g/mol. The SMILES string of the molecule is CCNc1ncnc(N2CC(CO)OCC2C)c1OC. The predicted octanol–water partition coefficient (Wildman–Crippen LogP) is 0.503. The van der Waals surface area contributed by atoms with Gasteiger partial charge in [-0.3, -0.25) is 0 Å². The maximum absolute atomic E-state index is 9.28. The molecule has 0 radical (unpaired) electrons. The third-order valence-electron chi connectivity index (χ3n) is 3.31. The first kappa shape index (κ1) is 14.8. The summed E-state index contributed by atoms with van der Waals surface area (Å²) in [4.78, 5) is 10.6. The summed E-state index contributed by atoms with van der Waals surface area (Å²) in [6, 6.07) is 0.163. The summed E-state index contributed by atoms with van der Waals surface area (Å²) >= 11 is 0. The van der Waals surface area contributed by atoms with Crippen LogP contribution >= 0.6 is 0 Å². The molecule has 0 bridgehead atoms. The monoisotopic (exact) mass is 282 g/mol. The molecule has 20 heavy (non-hydrogen) atoms. The van der Waals surface area contributed by atoms with Crippen molar-refractivity contribution in [1.29, 1.82) is 0 Å². The Morgan fingerprint density at radius 1 is 1.55 bits per heavy atom. The molecule has 0 aromatic carbocycles. The van der Waals surface area contributed by atoms with E-state index in [-0.39, 0.29) is 18.8 Å². The first-order valence-electron chi connectivity index (χ1n) is 6.83. The standard InChI is InChI=1S/C13H22N4O3/c1-4-14-12-11(19-3)13(16-8-15-12)17-5-10(6-18)20-7-9(17)2/h8-10,18H,4-7H2,1-3H3,(H,14,15,16). The summed E-state index contributed by atoms with van der Waals surface area (Å²) in [5.41, 5.74) is 0. The van der Waals surface area contributed by atoms with E-state index in [0.29, 0.717) is 24.7 Å². The van der Waals surface area contributed by atoms with E-state index in [4.69, 9.17) is 9.47 Å². The van der Waals surface area contributed by atoms with E-state index in [1.165, 1.54) is 6.33 Å². The second-order valence-electron chi connectivity index (χ2n) is 4.75. The number of methoxy groups -OCH3 is 1. The van der Waals surface area contributed by atoms with Crippen LogP contribution in [0.4, 0.5) is 11.6 Å². The minimum absolute atomic E-state index is 0.00329. The lowest BCUT2D eigenvalue weighted by Gasteiger charge is -2.38. The normalized spacial score (nSPS) is 22.7. The number of hydrogen-bond donors (Lipinski definition) is 2. The van der Waals surface area contributed by atoms with E-state index in [9.17, 15) is 5.11 Å². The third kappa shape index (κ3) is 2.94. The van der Waals surface area contributed by atoms with E-state index >= 15 is 0 Å². The van der Waals surface area contributed by atoms with Crippen LogP contribution in [0.1, 0.15) is 13.8 Å². The second kappa shape index (κ2) is 6.71. The molecule has 1 fully saturated rings. The topological polar surface area (TPSA) is 79.7 Å². The van der Waals surface area contributed by atoms with Crippen molar-refractivity contribution in [3.05, 3.63) is 6.33 Å². The highest BCUT2D eigenvalue weighted by molar-refractivity contribution is 5.65. The lowest BCUT2D eigenvalue weighted by molar-refractivity contribution is -0.0107. The van der Waals surface area contributed by atoms with Crippen LogP contribution in [-0.2, 0) is 4.74 Å². The minimum atomic E-state index is -0.201. The van der Waals surface area contributed by atoms with E-state index in [0.717, 1.165) is 12.4 Å². The molecule has 2 heterocycles. The van der Waals surface area contributed by atoms with Crippen LogP contribution in [0.2, 0.25) is 0 Å². The zero-order valence-electron chi connectivity index (χ0n) is 12.2. The Balaban J connectivity index is 2.32.